The maximum atomic E-state index is 11.7. The Hall–Kier alpha value is -3.14. The van der Waals surface area contributed by atoms with Crippen molar-refractivity contribution in [1.82, 2.24) is 0 Å². The molecule has 10 nitrogen and oxygen atoms in total. The molecule has 0 saturated carbocycles. The fourth-order valence-electron chi connectivity index (χ4n) is 2.87. The van der Waals surface area contributed by atoms with Gasteiger partial charge in [0.05, 0.1) is 0 Å². The molecule has 0 unspecified atom stereocenters. The topological polar surface area (TPSA) is 124 Å². The molecule has 0 aromatic heterocycles. The Bertz CT molecular complexity index is 762. The molecule has 1 fully saturated rings. The van der Waals surface area contributed by atoms with E-state index in [2.05, 4.69) is 6.07 Å². The molecular weight excluding hydrogens is 400 g/mol. The van der Waals surface area contributed by atoms with Crippen molar-refractivity contribution in [3.05, 3.63) is 30.3 Å². The van der Waals surface area contributed by atoms with Crippen molar-refractivity contribution >= 4 is 23.9 Å². The molecule has 0 spiro atoms. The van der Waals surface area contributed by atoms with Crippen LogP contribution in [-0.2, 0) is 42.9 Å². The molecule has 1 aromatic carbocycles. The van der Waals surface area contributed by atoms with Crippen LogP contribution < -0.4 is 4.74 Å². The number of benzene rings is 1. The largest absolute Gasteiger partial charge is 0.463 e. The first kappa shape index (κ1) is 23.1. The van der Waals surface area contributed by atoms with Crippen LogP contribution >= 0.6 is 0 Å². The number of hydrogen-bond acceptors (Lipinski definition) is 10. The van der Waals surface area contributed by atoms with Gasteiger partial charge in [0.1, 0.15) is 18.5 Å². The average Bonchev–Trinajstić information content (AvgIpc) is 2.64. The van der Waals surface area contributed by atoms with Gasteiger partial charge in [-0.3, -0.25) is 19.2 Å². The van der Waals surface area contributed by atoms with E-state index >= 15 is 0 Å². The van der Waals surface area contributed by atoms with Gasteiger partial charge < -0.3 is 28.4 Å². The first-order valence-corrected chi connectivity index (χ1v) is 9.10. The summed E-state index contributed by atoms with van der Waals surface area (Å²) in [5.41, 5.74) is 0. The molecule has 0 bridgehead atoms. The summed E-state index contributed by atoms with van der Waals surface area (Å²) < 4.78 is 32.5. The minimum Gasteiger partial charge on any atom is -0.463 e. The van der Waals surface area contributed by atoms with E-state index in [4.69, 9.17) is 28.4 Å². The van der Waals surface area contributed by atoms with Crippen LogP contribution in [0.15, 0.2) is 24.3 Å². The summed E-state index contributed by atoms with van der Waals surface area (Å²) in [5.74, 6) is -2.35. The number of carbonyl (C=O) groups excluding carboxylic acids is 4. The zero-order valence-electron chi connectivity index (χ0n) is 17.0. The summed E-state index contributed by atoms with van der Waals surface area (Å²) in [4.78, 5) is 46.4. The summed E-state index contributed by atoms with van der Waals surface area (Å²) in [6.07, 6.45) is -6.08. The zero-order chi connectivity index (χ0) is 22.3. The summed E-state index contributed by atoms with van der Waals surface area (Å²) in [6.45, 7) is 4.33. The number of ether oxygens (including phenoxy) is 6. The lowest BCUT2D eigenvalue weighted by atomic mass is 9.98. The molecule has 0 amide bonds. The third-order valence-corrected chi connectivity index (χ3v) is 3.89. The Labute approximate surface area is 173 Å². The van der Waals surface area contributed by atoms with Gasteiger partial charge in [0.2, 0.25) is 12.4 Å². The molecular formula is C20H23O10. The Morgan fingerprint density at radius 3 is 1.90 bits per heavy atom. The van der Waals surface area contributed by atoms with Gasteiger partial charge in [-0.2, -0.15) is 0 Å². The number of rotatable bonds is 7. The van der Waals surface area contributed by atoms with Gasteiger partial charge in [-0.05, 0) is 18.2 Å². The third kappa shape index (κ3) is 6.73. The highest BCUT2D eigenvalue weighted by molar-refractivity contribution is 5.68. The molecule has 1 aromatic rings. The van der Waals surface area contributed by atoms with Crippen molar-refractivity contribution in [1.29, 1.82) is 0 Å². The molecule has 0 N–H and O–H groups in total. The van der Waals surface area contributed by atoms with Crippen LogP contribution in [0.25, 0.3) is 0 Å². The minimum absolute atomic E-state index is 0.319. The summed E-state index contributed by atoms with van der Waals surface area (Å²) >= 11 is 0. The number of hydrogen-bond donors (Lipinski definition) is 0. The highest BCUT2D eigenvalue weighted by Gasteiger charge is 2.53. The SMILES string of the molecule is CC(=O)OC[C@H]1O[C@@H](Oc2cc[c]cc2)[C@H](OC(C)=O)[C@@H](OC(C)=O)[C@@H]1OC(C)=O. The van der Waals surface area contributed by atoms with Crippen LogP contribution in [0.4, 0.5) is 0 Å². The number of esters is 4. The molecule has 5 atom stereocenters. The standard InChI is InChI=1S/C20H23O10/c1-11(21)25-10-16-17(26-12(2)22)18(27-13(3)23)19(28-14(4)24)20(30-16)29-15-8-6-5-7-9-15/h6-9,16-20H,10H2,1-4H3/t16-,17-,18+,19-,20-/m1/s1. The van der Waals surface area contributed by atoms with E-state index < -0.39 is 54.6 Å². The Balaban J connectivity index is 2.42. The van der Waals surface area contributed by atoms with E-state index in [1.54, 1.807) is 24.3 Å². The van der Waals surface area contributed by atoms with Crippen LogP contribution in [0, 0.1) is 6.07 Å². The fourth-order valence-corrected chi connectivity index (χ4v) is 2.87. The van der Waals surface area contributed by atoms with Crippen molar-refractivity contribution < 1.29 is 47.6 Å². The first-order chi connectivity index (χ1) is 14.2. The van der Waals surface area contributed by atoms with Gasteiger partial charge >= 0.3 is 23.9 Å². The van der Waals surface area contributed by atoms with Crippen LogP contribution in [0.3, 0.4) is 0 Å². The van der Waals surface area contributed by atoms with Gasteiger partial charge in [-0.25, -0.2) is 0 Å². The van der Waals surface area contributed by atoms with E-state index in [0.717, 1.165) is 20.8 Å². The van der Waals surface area contributed by atoms with Crippen molar-refractivity contribution in [3.63, 3.8) is 0 Å². The lowest BCUT2D eigenvalue weighted by Gasteiger charge is -2.43. The van der Waals surface area contributed by atoms with Gasteiger partial charge in [-0.15, -0.1) is 0 Å². The lowest BCUT2D eigenvalue weighted by molar-refractivity contribution is -0.288. The summed E-state index contributed by atoms with van der Waals surface area (Å²) in [7, 11) is 0. The summed E-state index contributed by atoms with van der Waals surface area (Å²) in [5, 5.41) is 0. The lowest BCUT2D eigenvalue weighted by Crippen LogP contribution is -2.63. The van der Waals surface area contributed by atoms with Gasteiger partial charge in [0.15, 0.2) is 12.2 Å². The zero-order valence-corrected chi connectivity index (χ0v) is 17.0. The quantitative estimate of drug-likeness (QED) is 0.462. The monoisotopic (exact) mass is 423 g/mol. The van der Waals surface area contributed by atoms with E-state index in [0.29, 0.717) is 5.75 Å². The highest BCUT2D eigenvalue weighted by Crippen LogP contribution is 2.30. The van der Waals surface area contributed by atoms with Crippen LogP contribution in [0.1, 0.15) is 27.7 Å². The normalized spacial score (nSPS) is 25.5. The summed E-state index contributed by atoms with van der Waals surface area (Å²) in [6, 6.07) is 9.21. The molecule has 30 heavy (non-hydrogen) atoms. The molecule has 163 valence electrons. The molecule has 1 heterocycles. The second kappa shape index (κ2) is 10.6. The molecule has 0 aliphatic carbocycles. The van der Waals surface area contributed by atoms with Crippen molar-refractivity contribution in [2.75, 3.05) is 6.61 Å². The highest BCUT2D eigenvalue weighted by atomic mass is 16.7. The van der Waals surface area contributed by atoms with Crippen LogP contribution in [0.2, 0.25) is 0 Å². The Morgan fingerprint density at radius 2 is 1.37 bits per heavy atom. The maximum absolute atomic E-state index is 11.7. The van der Waals surface area contributed by atoms with Crippen molar-refractivity contribution in [3.8, 4) is 5.75 Å². The molecule has 1 radical (unpaired) electrons. The van der Waals surface area contributed by atoms with Crippen LogP contribution in [0.5, 0.6) is 5.75 Å². The predicted molar refractivity (Wildman–Crippen MR) is 97.9 cm³/mol. The molecule has 10 heteroatoms. The minimum atomic E-state index is -1.27. The van der Waals surface area contributed by atoms with Gasteiger partial charge in [0, 0.05) is 27.7 Å². The van der Waals surface area contributed by atoms with Crippen molar-refractivity contribution in [2.45, 2.75) is 58.4 Å². The predicted octanol–water partition coefficient (Wildman–Crippen LogP) is 0.949. The maximum Gasteiger partial charge on any atom is 0.303 e. The first-order valence-electron chi connectivity index (χ1n) is 9.10. The Kier molecular flexibility index (Phi) is 8.16. The molecule has 2 rings (SSSR count). The van der Waals surface area contributed by atoms with Gasteiger partial charge in [-0.1, -0.05) is 12.1 Å². The second-order valence-corrected chi connectivity index (χ2v) is 6.42. The molecule has 1 aliphatic rings. The van der Waals surface area contributed by atoms with E-state index in [9.17, 15) is 19.2 Å². The van der Waals surface area contributed by atoms with E-state index in [1.807, 2.05) is 0 Å². The van der Waals surface area contributed by atoms with Crippen molar-refractivity contribution in [2.24, 2.45) is 0 Å². The van der Waals surface area contributed by atoms with Crippen LogP contribution in [-0.4, -0.2) is 61.2 Å². The van der Waals surface area contributed by atoms with E-state index in [1.165, 1.54) is 6.92 Å². The fraction of sp³-hybridized carbons (Fsp3) is 0.500. The Morgan fingerprint density at radius 1 is 0.833 bits per heavy atom. The van der Waals surface area contributed by atoms with Gasteiger partial charge in [0.25, 0.3) is 0 Å². The van der Waals surface area contributed by atoms with E-state index in [-0.39, 0.29) is 6.61 Å². The smallest absolute Gasteiger partial charge is 0.303 e. The number of carbonyl (C=O) groups is 4. The molecule has 1 saturated heterocycles. The average molecular weight is 423 g/mol. The second-order valence-electron chi connectivity index (χ2n) is 6.42. The third-order valence-electron chi connectivity index (χ3n) is 3.89. The molecule has 1 aliphatic heterocycles.